The highest BCUT2D eigenvalue weighted by Gasteiger charge is 2.20. The van der Waals surface area contributed by atoms with Gasteiger partial charge in [0.1, 0.15) is 0 Å². The standard InChI is InChI=1S/C58H113NO5/c1-3-5-7-9-11-13-15-17-26-30-34-38-42-46-50-56(61)55(54-60)59-57(62)51-47-43-39-35-31-27-24-22-20-19-21-23-25-29-33-37-41-45-49-53-64-58(63)52-48-44-40-36-32-28-18-16-14-12-10-8-6-4-2/h19-20,55-56,60-61H,3-18,21-54H2,1-2H3,(H,59,62)/b20-19-. The zero-order chi connectivity index (χ0) is 46.5. The summed E-state index contributed by atoms with van der Waals surface area (Å²) in [7, 11) is 0. The number of carbonyl (C=O) groups is 2. The van der Waals surface area contributed by atoms with Crippen LogP contribution in [-0.2, 0) is 14.3 Å². The van der Waals surface area contributed by atoms with Gasteiger partial charge in [0, 0.05) is 12.8 Å². The molecule has 2 atom stereocenters. The van der Waals surface area contributed by atoms with Crippen molar-refractivity contribution in [2.75, 3.05) is 13.2 Å². The Morgan fingerprint density at radius 2 is 0.734 bits per heavy atom. The van der Waals surface area contributed by atoms with Crippen LogP contribution in [0.1, 0.15) is 322 Å². The second-order valence-corrected chi connectivity index (χ2v) is 20.0. The predicted octanol–water partition coefficient (Wildman–Crippen LogP) is 17.7. The second-order valence-electron chi connectivity index (χ2n) is 20.0. The molecule has 0 aliphatic carbocycles. The average Bonchev–Trinajstić information content (AvgIpc) is 3.29. The lowest BCUT2D eigenvalue weighted by Gasteiger charge is -2.22. The van der Waals surface area contributed by atoms with Gasteiger partial charge in [0.05, 0.1) is 25.4 Å². The van der Waals surface area contributed by atoms with Gasteiger partial charge in [0.15, 0.2) is 0 Å². The minimum Gasteiger partial charge on any atom is -0.466 e. The van der Waals surface area contributed by atoms with Gasteiger partial charge < -0.3 is 20.3 Å². The number of unbranched alkanes of at least 4 members (excludes halogenated alkanes) is 41. The molecule has 0 saturated carbocycles. The number of amides is 1. The number of hydrogen-bond acceptors (Lipinski definition) is 5. The average molecular weight is 905 g/mol. The molecule has 0 rings (SSSR count). The van der Waals surface area contributed by atoms with Crippen molar-refractivity contribution >= 4 is 11.9 Å². The maximum Gasteiger partial charge on any atom is 0.305 e. The SMILES string of the molecule is CCCCCCCCCCCCCCCCC(=O)OCCCCCCCCCC/C=C\CCCCCCCCCC(=O)NC(CO)C(O)CCCCCCCCCCCCCCCC. The zero-order valence-electron chi connectivity index (χ0n) is 43.3. The summed E-state index contributed by atoms with van der Waals surface area (Å²) in [6.45, 7) is 4.96. The summed E-state index contributed by atoms with van der Waals surface area (Å²) in [5.41, 5.74) is 0. The summed E-state index contributed by atoms with van der Waals surface area (Å²) in [6, 6.07) is -0.547. The molecule has 6 heteroatoms. The van der Waals surface area contributed by atoms with Gasteiger partial charge in [-0.25, -0.2) is 0 Å². The number of ether oxygens (including phenoxy) is 1. The van der Waals surface area contributed by atoms with Crippen LogP contribution in [0.25, 0.3) is 0 Å². The fourth-order valence-corrected chi connectivity index (χ4v) is 9.11. The van der Waals surface area contributed by atoms with E-state index in [4.69, 9.17) is 4.74 Å². The van der Waals surface area contributed by atoms with Crippen LogP contribution in [0.3, 0.4) is 0 Å². The summed E-state index contributed by atoms with van der Waals surface area (Å²) < 4.78 is 5.47. The summed E-state index contributed by atoms with van der Waals surface area (Å²) in [5, 5.41) is 23.2. The molecule has 6 nitrogen and oxygen atoms in total. The zero-order valence-corrected chi connectivity index (χ0v) is 43.3. The van der Waals surface area contributed by atoms with Gasteiger partial charge in [-0.2, -0.15) is 0 Å². The molecule has 1 amide bonds. The van der Waals surface area contributed by atoms with Gasteiger partial charge >= 0.3 is 5.97 Å². The van der Waals surface area contributed by atoms with E-state index in [1.807, 2.05) is 0 Å². The first-order chi connectivity index (χ1) is 31.5. The molecule has 0 fully saturated rings. The third kappa shape index (κ3) is 50.0. The normalized spacial score (nSPS) is 12.6. The molecule has 0 aliphatic rings. The monoisotopic (exact) mass is 904 g/mol. The van der Waals surface area contributed by atoms with Crippen LogP contribution in [0.4, 0.5) is 0 Å². The van der Waals surface area contributed by atoms with E-state index in [0.29, 0.717) is 25.9 Å². The van der Waals surface area contributed by atoms with Crippen molar-refractivity contribution in [2.45, 2.75) is 334 Å². The molecule has 0 bridgehead atoms. The topological polar surface area (TPSA) is 95.9 Å². The smallest absolute Gasteiger partial charge is 0.305 e. The molecule has 3 N–H and O–H groups in total. The van der Waals surface area contributed by atoms with Gasteiger partial charge in [0.2, 0.25) is 5.91 Å². The van der Waals surface area contributed by atoms with E-state index in [2.05, 4.69) is 31.3 Å². The van der Waals surface area contributed by atoms with Gasteiger partial charge in [-0.15, -0.1) is 0 Å². The Labute approximate surface area is 399 Å². The quantitative estimate of drug-likeness (QED) is 0.0321. The number of nitrogens with one attached hydrogen (secondary N) is 1. The van der Waals surface area contributed by atoms with Gasteiger partial charge in [-0.05, 0) is 51.4 Å². The number of carbonyl (C=O) groups excluding carboxylic acids is 2. The Balaban J connectivity index is 3.42. The number of aliphatic hydroxyl groups excluding tert-OH is 2. The third-order valence-electron chi connectivity index (χ3n) is 13.6. The molecular weight excluding hydrogens is 791 g/mol. The van der Waals surface area contributed by atoms with Crippen molar-refractivity contribution in [2.24, 2.45) is 0 Å². The molecule has 0 aromatic carbocycles. The summed E-state index contributed by atoms with van der Waals surface area (Å²) in [4.78, 5) is 24.5. The first kappa shape index (κ1) is 62.6. The lowest BCUT2D eigenvalue weighted by atomic mass is 10.0. The number of allylic oxidation sites excluding steroid dienone is 2. The minimum absolute atomic E-state index is 0.00668. The fraction of sp³-hybridized carbons (Fsp3) is 0.931. The van der Waals surface area contributed by atoms with Crippen molar-refractivity contribution in [1.29, 1.82) is 0 Å². The second kappa shape index (κ2) is 54.2. The largest absolute Gasteiger partial charge is 0.466 e. The van der Waals surface area contributed by atoms with Crippen molar-refractivity contribution in [3.05, 3.63) is 12.2 Å². The number of rotatable bonds is 54. The highest BCUT2D eigenvalue weighted by atomic mass is 16.5. The minimum atomic E-state index is -0.669. The van der Waals surface area contributed by atoms with Crippen LogP contribution in [0.5, 0.6) is 0 Å². The van der Waals surface area contributed by atoms with Crippen LogP contribution in [0.2, 0.25) is 0 Å². The summed E-state index contributed by atoms with van der Waals surface area (Å²) in [5.74, 6) is -0.0363. The lowest BCUT2D eigenvalue weighted by Crippen LogP contribution is -2.45. The molecule has 0 aromatic heterocycles. The molecule has 2 unspecified atom stereocenters. The van der Waals surface area contributed by atoms with E-state index in [1.54, 1.807) is 0 Å². The van der Waals surface area contributed by atoms with Gasteiger partial charge in [0.25, 0.3) is 0 Å². The molecule has 64 heavy (non-hydrogen) atoms. The molecule has 0 heterocycles. The highest BCUT2D eigenvalue weighted by Crippen LogP contribution is 2.17. The first-order valence-corrected chi connectivity index (χ1v) is 28.9. The number of hydrogen-bond donors (Lipinski definition) is 3. The van der Waals surface area contributed by atoms with Crippen LogP contribution in [0, 0.1) is 0 Å². The Kier molecular flexibility index (Phi) is 53.0. The van der Waals surface area contributed by atoms with E-state index in [-0.39, 0.29) is 18.5 Å². The van der Waals surface area contributed by atoms with Crippen molar-refractivity contribution in [3.63, 3.8) is 0 Å². The molecule has 0 aliphatic heterocycles. The maximum atomic E-state index is 12.5. The molecule has 0 spiro atoms. The fourth-order valence-electron chi connectivity index (χ4n) is 9.11. The van der Waals surface area contributed by atoms with E-state index in [0.717, 1.165) is 38.5 Å². The van der Waals surface area contributed by atoms with E-state index in [9.17, 15) is 19.8 Å². The molecular formula is C58H113NO5. The van der Waals surface area contributed by atoms with Crippen molar-refractivity contribution in [3.8, 4) is 0 Å². The first-order valence-electron chi connectivity index (χ1n) is 28.9. The predicted molar refractivity (Wildman–Crippen MR) is 278 cm³/mol. The van der Waals surface area contributed by atoms with Crippen LogP contribution in [-0.4, -0.2) is 47.4 Å². The molecule has 0 radical (unpaired) electrons. The van der Waals surface area contributed by atoms with Crippen LogP contribution >= 0.6 is 0 Å². The summed E-state index contributed by atoms with van der Waals surface area (Å²) in [6.07, 6.45) is 63.4. The van der Waals surface area contributed by atoms with Crippen LogP contribution in [0.15, 0.2) is 12.2 Å². The van der Waals surface area contributed by atoms with Gasteiger partial charge in [-0.1, -0.05) is 270 Å². The van der Waals surface area contributed by atoms with Crippen molar-refractivity contribution in [1.82, 2.24) is 5.32 Å². The molecule has 0 saturated heterocycles. The summed E-state index contributed by atoms with van der Waals surface area (Å²) >= 11 is 0. The number of esters is 1. The van der Waals surface area contributed by atoms with E-state index < -0.39 is 12.1 Å². The molecule has 380 valence electrons. The molecule has 0 aromatic rings. The van der Waals surface area contributed by atoms with E-state index >= 15 is 0 Å². The highest BCUT2D eigenvalue weighted by molar-refractivity contribution is 5.76. The Morgan fingerprint density at radius 3 is 1.11 bits per heavy atom. The third-order valence-corrected chi connectivity index (χ3v) is 13.6. The van der Waals surface area contributed by atoms with E-state index in [1.165, 1.54) is 250 Å². The van der Waals surface area contributed by atoms with Crippen LogP contribution < -0.4 is 5.32 Å². The lowest BCUT2D eigenvalue weighted by molar-refractivity contribution is -0.143. The Bertz CT molecular complexity index is 955. The Hall–Kier alpha value is -1.40. The maximum absolute atomic E-state index is 12.5. The Morgan fingerprint density at radius 1 is 0.422 bits per heavy atom. The van der Waals surface area contributed by atoms with Gasteiger partial charge in [-0.3, -0.25) is 9.59 Å². The van der Waals surface area contributed by atoms with Crippen molar-refractivity contribution < 1.29 is 24.5 Å². The number of aliphatic hydroxyl groups is 2.